The van der Waals surface area contributed by atoms with Crippen LogP contribution in [-0.2, 0) is 14.3 Å². The normalized spacial score (nSPS) is 13.6. The molecule has 2 amide bonds. The predicted octanol–water partition coefficient (Wildman–Crippen LogP) is 3.66. The van der Waals surface area contributed by atoms with E-state index in [1.54, 1.807) is 55.5 Å². The van der Waals surface area contributed by atoms with Crippen LogP contribution < -0.4 is 14.8 Å². The molecule has 1 fully saturated rings. The monoisotopic (exact) mass is 454 g/mol. The lowest BCUT2D eigenvalue weighted by molar-refractivity contribution is -0.135. The van der Waals surface area contributed by atoms with E-state index < -0.39 is 5.97 Å². The van der Waals surface area contributed by atoms with E-state index in [0.717, 1.165) is 25.7 Å². The van der Waals surface area contributed by atoms with Crippen LogP contribution in [0.3, 0.4) is 0 Å². The summed E-state index contributed by atoms with van der Waals surface area (Å²) in [5, 5.41) is 2.72. The highest BCUT2D eigenvalue weighted by Gasteiger charge is 2.23. The van der Waals surface area contributed by atoms with Gasteiger partial charge in [0, 0.05) is 24.8 Å². The van der Waals surface area contributed by atoms with Crippen LogP contribution in [0.25, 0.3) is 0 Å². The summed E-state index contributed by atoms with van der Waals surface area (Å²) in [7, 11) is 3.32. The fraction of sp³-hybridized carbons (Fsp3) is 0.400. The second kappa shape index (κ2) is 11.9. The second-order valence-electron chi connectivity index (χ2n) is 7.97. The van der Waals surface area contributed by atoms with Gasteiger partial charge in [-0.25, -0.2) is 4.79 Å². The number of methoxy groups -OCH3 is 1. The minimum Gasteiger partial charge on any atom is -0.497 e. The van der Waals surface area contributed by atoms with Gasteiger partial charge in [-0.05, 0) is 49.2 Å². The number of ether oxygens (including phenoxy) is 3. The molecule has 0 saturated heterocycles. The molecule has 0 atom stereocenters. The molecule has 2 aromatic rings. The van der Waals surface area contributed by atoms with Crippen LogP contribution >= 0.6 is 0 Å². The number of carbonyl (C=O) groups is 3. The van der Waals surface area contributed by atoms with Crippen LogP contribution in [0, 0.1) is 0 Å². The van der Waals surface area contributed by atoms with E-state index in [1.807, 2.05) is 0 Å². The number of rotatable bonds is 9. The lowest BCUT2D eigenvalue weighted by Gasteiger charge is -2.31. The van der Waals surface area contributed by atoms with Crippen molar-refractivity contribution in [3.63, 3.8) is 0 Å². The SMILES string of the molecule is COc1cccc(NC(=O)COc2ccc(C(=O)OCC(=O)N(C)C3CCCCC3)cc2)c1. The topological polar surface area (TPSA) is 94.2 Å². The maximum absolute atomic E-state index is 12.3. The van der Waals surface area contributed by atoms with Gasteiger partial charge >= 0.3 is 5.97 Å². The molecule has 1 aliphatic rings. The molecule has 2 aromatic carbocycles. The van der Waals surface area contributed by atoms with E-state index in [0.29, 0.717) is 22.7 Å². The molecule has 3 rings (SSSR count). The summed E-state index contributed by atoms with van der Waals surface area (Å²) >= 11 is 0. The molecule has 0 aromatic heterocycles. The third kappa shape index (κ3) is 7.24. The van der Waals surface area contributed by atoms with Crippen molar-refractivity contribution in [1.29, 1.82) is 0 Å². The Morgan fingerprint density at radius 2 is 1.70 bits per heavy atom. The predicted molar refractivity (Wildman–Crippen MR) is 123 cm³/mol. The molecular formula is C25H30N2O6. The lowest BCUT2D eigenvalue weighted by Crippen LogP contribution is -2.40. The van der Waals surface area contributed by atoms with Gasteiger partial charge in [-0.3, -0.25) is 9.59 Å². The van der Waals surface area contributed by atoms with Gasteiger partial charge < -0.3 is 24.4 Å². The van der Waals surface area contributed by atoms with E-state index in [4.69, 9.17) is 14.2 Å². The van der Waals surface area contributed by atoms with E-state index >= 15 is 0 Å². The van der Waals surface area contributed by atoms with Crippen LogP contribution in [-0.4, -0.2) is 56.1 Å². The molecular weight excluding hydrogens is 424 g/mol. The van der Waals surface area contributed by atoms with Gasteiger partial charge in [0.15, 0.2) is 13.2 Å². The molecule has 0 unspecified atom stereocenters. The average Bonchev–Trinajstić information content (AvgIpc) is 2.86. The number of carbonyl (C=O) groups excluding carboxylic acids is 3. The van der Waals surface area contributed by atoms with Crippen LogP contribution in [0.2, 0.25) is 0 Å². The van der Waals surface area contributed by atoms with Crippen molar-refractivity contribution in [1.82, 2.24) is 4.90 Å². The summed E-state index contributed by atoms with van der Waals surface area (Å²) in [5.41, 5.74) is 0.904. The van der Waals surface area contributed by atoms with Crippen molar-refractivity contribution >= 4 is 23.5 Å². The molecule has 0 aliphatic heterocycles. The smallest absolute Gasteiger partial charge is 0.338 e. The summed E-state index contributed by atoms with van der Waals surface area (Å²) in [5.74, 6) is -0.0359. The zero-order valence-corrected chi connectivity index (χ0v) is 19.0. The standard InChI is InChI=1S/C25H30N2O6/c1-27(20-8-4-3-5-9-20)24(29)17-33-25(30)18-11-13-21(14-12-18)32-16-23(28)26-19-7-6-10-22(15-19)31-2/h6-7,10-15,20H,3-5,8-9,16-17H2,1-2H3,(H,26,28). The molecule has 0 heterocycles. The summed E-state index contributed by atoms with van der Waals surface area (Å²) in [6.45, 7) is -0.475. The van der Waals surface area contributed by atoms with E-state index in [-0.39, 0.29) is 31.1 Å². The molecule has 8 nitrogen and oxygen atoms in total. The Balaban J connectivity index is 1.42. The van der Waals surface area contributed by atoms with Gasteiger partial charge in [0.05, 0.1) is 12.7 Å². The first-order valence-electron chi connectivity index (χ1n) is 11.1. The number of hydrogen-bond acceptors (Lipinski definition) is 6. The first-order valence-corrected chi connectivity index (χ1v) is 11.1. The highest BCUT2D eigenvalue weighted by Crippen LogP contribution is 2.22. The van der Waals surface area contributed by atoms with Gasteiger partial charge in [0.1, 0.15) is 11.5 Å². The van der Waals surface area contributed by atoms with Crippen LogP contribution in [0.1, 0.15) is 42.5 Å². The van der Waals surface area contributed by atoms with Gasteiger partial charge in [-0.15, -0.1) is 0 Å². The van der Waals surface area contributed by atoms with Gasteiger partial charge in [0.2, 0.25) is 0 Å². The first kappa shape index (κ1) is 24.1. The zero-order chi connectivity index (χ0) is 23.6. The van der Waals surface area contributed by atoms with Gasteiger partial charge in [0.25, 0.3) is 11.8 Å². The summed E-state index contributed by atoms with van der Waals surface area (Å²) < 4.78 is 15.8. The molecule has 1 N–H and O–H groups in total. The number of amides is 2. The van der Waals surface area contributed by atoms with E-state index in [9.17, 15) is 14.4 Å². The van der Waals surface area contributed by atoms with Crippen LogP contribution in [0.5, 0.6) is 11.5 Å². The molecule has 1 saturated carbocycles. The van der Waals surface area contributed by atoms with Gasteiger partial charge in [-0.2, -0.15) is 0 Å². The molecule has 33 heavy (non-hydrogen) atoms. The maximum Gasteiger partial charge on any atom is 0.338 e. The summed E-state index contributed by atoms with van der Waals surface area (Å²) in [6.07, 6.45) is 5.45. The molecule has 1 aliphatic carbocycles. The fourth-order valence-corrected chi connectivity index (χ4v) is 3.72. The van der Waals surface area contributed by atoms with E-state index in [2.05, 4.69) is 5.32 Å². The Bertz CT molecular complexity index is 954. The molecule has 0 spiro atoms. The average molecular weight is 455 g/mol. The largest absolute Gasteiger partial charge is 0.497 e. The first-order chi connectivity index (χ1) is 16.0. The Morgan fingerprint density at radius 3 is 2.39 bits per heavy atom. The highest BCUT2D eigenvalue weighted by atomic mass is 16.5. The lowest BCUT2D eigenvalue weighted by atomic mass is 9.94. The quantitative estimate of drug-likeness (QED) is 0.581. The van der Waals surface area contributed by atoms with Crippen molar-refractivity contribution in [2.75, 3.05) is 32.7 Å². The number of likely N-dealkylation sites (N-methyl/N-ethyl adjacent to an activating group) is 1. The third-order valence-electron chi connectivity index (χ3n) is 5.66. The van der Waals surface area contributed by atoms with E-state index in [1.165, 1.54) is 18.6 Å². The molecule has 0 radical (unpaired) electrons. The Labute approximate surface area is 193 Å². The maximum atomic E-state index is 12.3. The number of esters is 1. The minimum atomic E-state index is -0.581. The minimum absolute atomic E-state index is 0.191. The van der Waals surface area contributed by atoms with Gasteiger partial charge in [-0.1, -0.05) is 25.3 Å². The Kier molecular flexibility index (Phi) is 8.69. The molecule has 176 valence electrons. The number of nitrogens with zero attached hydrogens (tertiary/aromatic N) is 1. The number of hydrogen-bond donors (Lipinski definition) is 1. The van der Waals surface area contributed by atoms with Crippen molar-refractivity contribution in [2.24, 2.45) is 0 Å². The molecule has 0 bridgehead atoms. The zero-order valence-electron chi connectivity index (χ0n) is 19.0. The van der Waals surface area contributed by atoms with Crippen LogP contribution in [0.4, 0.5) is 5.69 Å². The van der Waals surface area contributed by atoms with Crippen LogP contribution in [0.15, 0.2) is 48.5 Å². The summed E-state index contributed by atoms with van der Waals surface area (Å²) in [4.78, 5) is 38.4. The van der Waals surface area contributed by atoms with Crippen molar-refractivity contribution in [3.05, 3.63) is 54.1 Å². The van der Waals surface area contributed by atoms with Crippen molar-refractivity contribution in [3.8, 4) is 11.5 Å². The number of anilines is 1. The number of nitrogens with one attached hydrogen (secondary N) is 1. The van der Waals surface area contributed by atoms with Crippen molar-refractivity contribution in [2.45, 2.75) is 38.1 Å². The van der Waals surface area contributed by atoms with Crippen molar-refractivity contribution < 1.29 is 28.6 Å². The summed E-state index contributed by atoms with van der Waals surface area (Å²) in [6, 6.07) is 13.5. The highest BCUT2D eigenvalue weighted by molar-refractivity contribution is 5.92. The third-order valence-corrected chi connectivity index (χ3v) is 5.66. The molecule has 8 heteroatoms. The second-order valence-corrected chi connectivity index (χ2v) is 7.97. The fourth-order valence-electron chi connectivity index (χ4n) is 3.72. The Morgan fingerprint density at radius 1 is 0.970 bits per heavy atom. The Hall–Kier alpha value is -3.55. The number of benzene rings is 2.